The molecular formula is C9H9ClN4O4. The van der Waals surface area contributed by atoms with Gasteiger partial charge in [0.1, 0.15) is 16.9 Å². The van der Waals surface area contributed by atoms with Crippen molar-refractivity contribution in [2.24, 2.45) is 0 Å². The van der Waals surface area contributed by atoms with Crippen LogP contribution in [-0.2, 0) is 4.79 Å². The van der Waals surface area contributed by atoms with E-state index in [1.165, 1.54) is 7.05 Å². The van der Waals surface area contributed by atoms with Crippen molar-refractivity contribution in [3.05, 3.63) is 33.1 Å². The lowest BCUT2D eigenvalue weighted by molar-refractivity contribution is -0.385. The number of nitrogens with one attached hydrogen (secondary N) is 2. The van der Waals surface area contributed by atoms with Crippen LogP contribution in [-0.4, -0.2) is 35.3 Å². The van der Waals surface area contributed by atoms with Crippen LogP contribution in [0, 0.1) is 10.1 Å². The van der Waals surface area contributed by atoms with Crippen LogP contribution in [0.25, 0.3) is 0 Å². The lowest BCUT2D eigenvalue weighted by Gasteiger charge is -2.05. The van der Waals surface area contributed by atoms with Gasteiger partial charge in [-0.15, -0.1) is 0 Å². The molecule has 0 unspecified atom stereocenters. The first-order chi connectivity index (χ1) is 8.45. The number of likely N-dealkylation sites (N-methyl/N-ethyl adjacent to an activating group) is 1. The van der Waals surface area contributed by atoms with Crippen LogP contribution in [0.4, 0.5) is 5.69 Å². The normalized spacial score (nSPS) is 9.67. The fourth-order valence-corrected chi connectivity index (χ4v) is 1.25. The molecule has 0 saturated carbocycles. The Morgan fingerprint density at radius 1 is 1.56 bits per heavy atom. The predicted molar refractivity (Wildman–Crippen MR) is 62.3 cm³/mol. The van der Waals surface area contributed by atoms with E-state index in [9.17, 15) is 19.7 Å². The number of pyridine rings is 1. The van der Waals surface area contributed by atoms with Crippen molar-refractivity contribution in [2.45, 2.75) is 0 Å². The molecule has 8 nitrogen and oxygen atoms in total. The summed E-state index contributed by atoms with van der Waals surface area (Å²) in [6, 6.07) is 1.07. The molecule has 0 spiro atoms. The van der Waals surface area contributed by atoms with E-state index in [-0.39, 0.29) is 17.3 Å². The summed E-state index contributed by atoms with van der Waals surface area (Å²) in [5.41, 5.74) is -0.724. The number of hydrogen-bond acceptors (Lipinski definition) is 5. The molecule has 0 fully saturated rings. The molecule has 1 aromatic rings. The van der Waals surface area contributed by atoms with Crippen molar-refractivity contribution in [3.63, 3.8) is 0 Å². The van der Waals surface area contributed by atoms with Gasteiger partial charge in [0.25, 0.3) is 11.6 Å². The van der Waals surface area contributed by atoms with Gasteiger partial charge in [-0.25, -0.2) is 4.98 Å². The molecule has 0 saturated heterocycles. The van der Waals surface area contributed by atoms with Gasteiger partial charge < -0.3 is 10.6 Å². The molecule has 0 aliphatic heterocycles. The second kappa shape index (κ2) is 5.92. The van der Waals surface area contributed by atoms with Gasteiger partial charge in [0, 0.05) is 7.05 Å². The monoisotopic (exact) mass is 272 g/mol. The number of nitro groups is 1. The van der Waals surface area contributed by atoms with Gasteiger partial charge in [-0.1, -0.05) is 11.6 Å². The molecule has 2 amide bonds. The molecule has 0 aromatic carbocycles. The molecule has 2 N–H and O–H groups in total. The Hall–Kier alpha value is -2.22. The highest BCUT2D eigenvalue weighted by atomic mass is 35.5. The van der Waals surface area contributed by atoms with Crippen molar-refractivity contribution in [2.75, 3.05) is 13.6 Å². The lowest BCUT2D eigenvalue weighted by atomic mass is 10.2. The van der Waals surface area contributed by atoms with Crippen LogP contribution in [0.1, 0.15) is 10.4 Å². The van der Waals surface area contributed by atoms with E-state index in [1.807, 2.05) is 0 Å². The zero-order chi connectivity index (χ0) is 13.7. The van der Waals surface area contributed by atoms with E-state index < -0.39 is 22.4 Å². The van der Waals surface area contributed by atoms with Gasteiger partial charge >= 0.3 is 0 Å². The van der Waals surface area contributed by atoms with E-state index in [4.69, 9.17) is 11.6 Å². The van der Waals surface area contributed by atoms with Crippen LogP contribution >= 0.6 is 11.6 Å². The topological polar surface area (TPSA) is 114 Å². The Morgan fingerprint density at radius 2 is 2.22 bits per heavy atom. The largest absolute Gasteiger partial charge is 0.358 e. The fraction of sp³-hybridized carbons (Fsp3) is 0.222. The summed E-state index contributed by atoms with van der Waals surface area (Å²) in [6.45, 7) is -0.285. The van der Waals surface area contributed by atoms with Crippen LogP contribution in [0.2, 0.25) is 5.15 Å². The molecular weight excluding hydrogens is 264 g/mol. The van der Waals surface area contributed by atoms with Crippen LogP contribution < -0.4 is 10.6 Å². The minimum atomic E-state index is -0.769. The highest BCUT2D eigenvalue weighted by Crippen LogP contribution is 2.19. The number of hydrogen-bond donors (Lipinski definition) is 2. The van der Waals surface area contributed by atoms with Crippen LogP contribution in [0.5, 0.6) is 0 Å². The maximum Gasteiger partial charge on any atom is 0.300 e. The Morgan fingerprint density at radius 3 is 2.78 bits per heavy atom. The SMILES string of the molecule is CNC(=O)CNC(=O)c1cc(Cl)ncc1[N+](=O)[O-]. The molecule has 1 heterocycles. The summed E-state index contributed by atoms with van der Waals surface area (Å²) in [5.74, 6) is -1.19. The maximum atomic E-state index is 11.7. The van der Waals surface area contributed by atoms with E-state index in [0.717, 1.165) is 12.3 Å². The third-order valence-electron chi connectivity index (χ3n) is 1.98. The number of halogens is 1. The molecule has 1 aromatic heterocycles. The molecule has 9 heteroatoms. The summed E-state index contributed by atoms with van der Waals surface area (Å²) < 4.78 is 0. The molecule has 0 aliphatic carbocycles. The maximum absolute atomic E-state index is 11.7. The quantitative estimate of drug-likeness (QED) is 0.459. The van der Waals surface area contributed by atoms with E-state index in [2.05, 4.69) is 15.6 Å². The van der Waals surface area contributed by atoms with E-state index >= 15 is 0 Å². The zero-order valence-electron chi connectivity index (χ0n) is 9.27. The minimum Gasteiger partial charge on any atom is -0.358 e. The number of amides is 2. The first-order valence-electron chi connectivity index (χ1n) is 4.74. The molecule has 0 aliphatic rings. The summed E-state index contributed by atoms with van der Waals surface area (Å²) in [7, 11) is 1.40. The first kappa shape index (κ1) is 13.8. The second-order valence-corrected chi connectivity index (χ2v) is 3.52. The highest BCUT2D eigenvalue weighted by Gasteiger charge is 2.21. The Kier molecular flexibility index (Phi) is 4.55. The molecule has 96 valence electrons. The average Bonchev–Trinajstić information content (AvgIpc) is 2.34. The Balaban J connectivity index is 2.93. The van der Waals surface area contributed by atoms with Gasteiger partial charge in [0.05, 0.1) is 11.5 Å². The van der Waals surface area contributed by atoms with Crippen LogP contribution in [0.15, 0.2) is 12.3 Å². The average molecular weight is 273 g/mol. The van der Waals surface area contributed by atoms with Gasteiger partial charge in [0.2, 0.25) is 5.91 Å². The minimum absolute atomic E-state index is 0.0503. The highest BCUT2D eigenvalue weighted by molar-refractivity contribution is 6.29. The summed E-state index contributed by atoms with van der Waals surface area (Å²) in [4.78, 5) is 36.1. The molecule has 0 bridgehead atoms. The van der Waals surface area contributed by atoms with Gasteiger partial charge in [-0.3, -0.25) is 19.7 Å². The van der Waals surface area contributed by atoms with Crippen molar-refractivity contribution in [1.29, 1.82) is 0 Å². The van der Waals surface area contributed by atoms with Gasteiger partial charge in [-0.2, -0.15) is 0 Å². The smallest absolute Gasteiger partial charge is 0.300 e. The zero-order valence-corrected chi connectivity index (χ0v) is 10.0. The first-order valence-corrected chi connectivity index (χ1v) is 5.12. The Bertz CT molecular complexity index is 505. The predicted octanol–water partition coefficient (Wildman–Crippen LogP) is 0.119. The summed E-state index contributed by atoms with van der Waals surface area (Å²) in [5, 5.41) is 15.2. The number of aromatic nitrogens is 1. The van der Waals surface area contributed by atoms with Crippen molar-refractivity contribution < 1.29 is 14.5 Å². The fourth-order valence-electron chi connectivity index (χ4n) is 1.09. The van der Waals surface area contributed by atoms with Crippen molar-refractivity contribution >= 4 is 29.1 Å². The van der Waals surface area contributed by atoms with Crippen molar-refractivity contribution in [3.8, 4) is 0 Å². The lowest BCUT2D eigenvalue weighted by Crippen LogP contribution is -2.35. The van der Waals surface area contributed by atoms with Crippen LogP contribution in [0.3, 0.4) is 0 Å². The number of rotatable bonds is 4. The van der Waals surface area contributed by atoms with Crippen molar-refractivity contribution in [1.82, 2.24) is 15.6 Å². The van der Waals surface area contributed by atoms with E-state index in [1.54, 1.807) is 0 Å². The van der Waals surface area contributed by atoms with E-state index in [0.29, 0.717) is 0 Å². The summed E-state index contributed by atoms with van der Waals surface area (Å²) in [6.07, 6.45) is 0.886. The van der Waals surface area contributed by atoms with Gasteiger partial charge in [-0.05, 0) is 6.07 Å². The molecule has 18 heavy (non-hydrogen) atoms. The second-order valence-electron chi connectivity index (χ2n) is 3.14. The Labute approximate surface area is 106 Å². The standard InChI is InChI=1S/C9H9ClN4O4/c1-11-8(15)4-13-9(16)5-2-7(10)12-3-6(5)14(17)18/h2-3H,4H2,1H3,(H,11,15)(H,13,16). The number of carbonyl (C=O) groups excluding carboxylic acids is 2. The van der Waals surface area contributed by atoms with Gasteiger partial charge in [0.15, 0.2) is 0 Å². The number of nitrogens with zero attached hydrogens (tertiary/aromatic N) is 2. The molecule has 1 rings (SSSR count). The summed E-state index contributed by atoms with van der Waals surface area (Å²) >= 11 is 5.56. The molecule has 0 radical (unpaired) electrons. The molecule has 0 atom stereocenters. The number of carbonyl (C=O) groups is 2. The third-order valence-corrected chi connectivity index (χ3v) is 2.19. The third kappa shape index (κ3) is 3.39.